The normalized spacial score (nSPS) is 19.1. The van der Waals surface area contributed by atoms with Crippen LogP contribution >= 0.6 is 0 Å². The summed E-state index contributed by atoms with van der Waals surface area (Å²) in [5.74, 6) is 1.22. The van der Waals surface area contributed by atoms with E-state index in [-0.39, 0.29) is 0 Å². The predicted molar refractivity (Wildman–Crippen MR) is 75.2 cm³/mol. The minimum atomic E-state index is -0.631. The average Bonchev–Trinajstić information content (AvgIpc) is 2.73. The predicted octanol–water partition coefficient (Wildman–Crippen LogP) is 1.59. The van der Waals surface area contributed by atoms with Crippen molar-refractivity contribution < 1.29 is 9.90 Å². The van der Waals surface area contributed by atoms with E-state index in [9.17, 15) is 9.90 Å². The Hall–Kier alpha value is -1.43. The first-order chi connectivity index (χ1) is 9.48. The number of hydrogen-bond donors (Lipinski definition) is 1. The second-order valence-corrected chi connectivity index (χ2v) is 5.83. The van der Waals surface area contributed by atoms with Gasteiger partial charge in [-0.3, -0.25) is 9.69 Å². The summed E-state index contributed by atoms with van der Waals surface area (Å²) < 4.78 is 1.99. The highest BCUT2D eigenvalue weighted by atomic mass is 16.4. The van der Waals surface area contributed by atoms with Crippen LogP contribution in [0.4, 0.5) is 0 Å². The van der Waals surface area contributed by atoms with Gasteiger partial charge in [-0.05, 0) is 39.3 Å². The van der Waals surface area contributed by atoms with Crippen LogP contribution < -0.4 is 0 Å². The molecule has 1 aliphatic heterocycles. The van der Waals surface area contributed by atoms with Crippen LogP contribution in [-0.4, -0.2) is 43.8 Å². The quantitative estimate of drug-likeness (QED) is 0.887. The number of carboxylic acids is 1. The monoisotopic (exact) mass is 280 g/mol. The molecular formula is C14H24N4O2. The Balaban J connectivity index is 1.97. The lowest BCUT2D eigenvalue weighted by atomic mass is 9.75. The van der Waals surface area contributed by atoms with E-state index in [0.717, 1.165) is 57.0 Å². The summed E-state index contributed by atoms with van der Waals surface area (Å²) in [4.78, 5) is 13.8. The summed E-state index contributed by atoms with van der Waals surface area (Å²) in [6, 6.07) is 0. The maximum Gasteiger partial charge on any atom is 0.309 e. The van der Waals surface area contributed by atoms with Crippen molar-refractivity contribution in [2.24, 2.45) is 12.5 Å². The van der Waals surface area contributed by atoms with Crippen molar-refractivity contribution >= 4 is 5.97 Å². The molecule has 0 bridgehead atoms. The number of piperidine rings is 1. The van der Waals surface area contributed by atoms with Gasteiger partial charge < -0.3 is 9.67 Å². The third-order valence-electron chi connectivity index (χ3n) is 4.54. The molecule has 0 spiro atoms. The lowest BCUT2D eigenvalue weighted by Gasteiger charge is -2.38. The molecule has 112 valence electrons. The molecular weight excluding hydrogens is 256 g/mol. The molecule has 0 aliphatic carbocycles. The van der Waals surface area contributed by atoms with E-state index in [2.05, 4.69) is 22.0 Å². The molecule has 0 radical (unpaired) electrons. The molecule has 0 unspecified atom stereocenters. The Morgan fingerprint density at radius 2 is 2.00 bits per heavy atom. The molecule has 0 atom stereocenters. The molecule has 1 aliphatic rings. The first-order valence-corrected chi connectivity index (χ1v) is 7.29. The maximum absolute atomic E-state index is 11.5. The SMILES string of the molecule is CCCC1(C(=O)O)CCN(Cc2nnc(C)n2C)CC1. The van der Waals surface area contributed by atoms with Crippen molar-refractivity contribution in [1.29, 1.82) is 0 Å². The number of carboxylic acid groups (broad SMARTS) is 1. The molecule has 0 aromatic carbocycles. The zero-order valence-corrected chi connectivity index (χ0v) is 12.6. The third kappa shape index (κ3) is 2.85. The van der Waals surface area contributed by atoms with Gasteiger partial charge in [0.05, 0.1) is 12.0 Å². The summed E-state index contributed by atoms with van der Waals surface area (Å²) in [5, 5.41) is 17.7. The molecule has 1 aromatic rings. The van der Waals surface area contributed by atoms with E-state index >= 15 is 0 Å². The minimum absolute atomic E-state index is 0.513. The van der Waals surface area contributed by atoms with Gasteiger partial charge in [-0.25, -0.2) is 0 Å². The first kappa shape index (κ1) is 15.0. The Kier molecular flexibility index (Phi) is 4.42. The van der Waals surface area contributed by atoms with Gasteiger partial charge in [0.1, 0.15) is 11.6 Å². The van der Waals surface area contributed by atoms with Gasteiger partial charge in [0.2, 0.25) is 0 Å². The second-order valence-electron chi connectivity index (χ2n) is 5.83. The lowest BCUT2D eigenvalue weighted by Crippen LogP contribution is -2.44. The van der Waals surface area contributed by atoms with Crippen molar-refractivity contribution in [3.63, 3.8) is 0 Å². The smallest absolute Gasteiger partial charge is 0.309 e. The first-order valence-electron chi connectivity index (χ1n) is 7.29. The number of aromatic nitrogens is 3. The number of aryl methyl sites for hydroxylation is 1. The Morgan fingerprint density at radius 3 is 2.45 bits per heavy atom. The van der Waals surface area contributed by atoms with Crippen LogP contribution in [0.2, 0.25) is 0 Å². The highest BCUT2D eigenvalue weighted by Gasteiger charge is 2.40. The lowest BCUT2D eigenvalue weighted by molar-refractivity contribution is -0.152. The van der Waals surface area contributed by atoms with Crippen LogP contribution in [-0.2, 0) is 18.4 Å². The van der Waals surface area contributed by atoms with Crippen LogP contribution in [0.25, 0.3) is 0 Å². The van der Waals surface area contributed by atoms with Gasteiger partial charge in [-0.1, -0.05) is 13.3 Å². The number of likely N-dealkylation sites (tertiary alicyclic amines) is 1. The third-order valence-corrected chi connectivity index (χ3v) is 4.54. The summed E-state index contributed by atoms with van der Waals surface area (Å²) in [5.41, 5.74) is -0.513. The number of aliphatic carboxylic acids is 1. The molecule has 6 nitrogen and oxygen atoms in total. The fourth-order valence-electron chi connectivity index (χ4n) is 2.98. The summed E-state index contributed by atoms with van der Waals surface area (Å²) in [6.45, 7) is 6.37. The van der Waals surface area contributed by atoms with E-state index in [4.69, 9.17) is 0 Å². The van der Waals surface area contributed by atoms with Crippen LogP contribution in [0, 0.1) is 12.3 Å². The molecule has 6 heteroatoms. The van der Waals surface area contributed by atoms with Crippen molar-refractivity contribution in [2.75, 3.05) is 13.1 Å². The zero-order chi connectivity index (χ0) is 14.8. The molecule has 20 heavy (non-hydrogen) atoms. The molecule has 2 rings (SSSR count). The van der Waals surface area contributed by atoms with E-state index in [1.807, 2.05) is 18.5 Å². The van der Waals surface area contributed by atoms with Crippen LogP contribution in [0.15, 0.2) is 0 Å². The molecule has 2 heterocycles. The van der Waals surface area contributed by atoms with Crippen LogP contribution in [0.3, 0.4) is 0 Å². The molecule has 1 fully saturated rings. The largest absolute Gasteiger partial charge is 0.481 e. The summed E-state index contributed by atoms with van der Waals surface area (Å²) >= 11 is 0. The van der Waals surface area contributed by atoms with E-state index in [1.54, 1.807) is 0 Å². The van der Waals surface area contributed by atoms with Crippen LogP contribution in [0.1, 0.15) is 44.3 Å². The highest BCUT2D eigenvalue weighted by Crippen LogP contribution is 2.36. The topological polar surface area (TPSA) is 71.2 Å². The minimum Gasteiger partial charge on any atom is -0.481 e. The standard InChI is InChI=1S/C14H24N4O2/c1-4-5-14(13(19)20)6-8-18(9-7-14)10-12-16-15-11(2)17(12)3/h4-10H2,1-3H3,(H,19,20). The maximum atomic E-state index is 11.5. The average molecular weight is 280 g/mol. The second kappa shape index (κ2) is 5.91. The van der Waals surface area contributed by atoms with Crippen molar-refractivity contribution in [1.82, 2.24) is 19.7 Å². The summed E-state index contributed by atoms with van der Waals surface area (Å²) in [6.07, 6.45) is 3.16. The van der Waals surface area contributed by atoms with Gasteiger partial charge in [-0.15, -0.1) is 10.2 Å². The van der Waals surface area contributed by atoms with Gasteiger partial charge >= 0.3 is 5.97 Å². The van der Waals surface area contributed by atoms with Gasteiger partial charge in [0.15, 0.2) is 0 Å². The van der Waals surface area contributed by atoms with E-state index in [0.29, 0.717) is 0 Å². The Bertz CT molecular complexity index is 476. The number of rotatable bonds is 5. The molecule has 1 N–H and O–H groups in total. The number of nitrogens with zero attached hydrogens (tertiary/aromatic N) is 4. The molecule has 1 saturated heterocycles. The Morgan fingerprint density at radius 1 is 1.35 bits per heavy atom. The van der Waals surface area contributed by atoms with Crippen molar-refractivity contribution in [3.8, 4) is 0 Å². The molecule has 0 saturated carbocycles. The highest BCUT2D eigenvalue weighted by molar-refractivity contribution is 5.74. The molecule has 0 amide bonds. The summed E-state index contributed by atoms with van der Waals surface area (Å²) in [7, 11) is 1.97. The van der Waals surface area contributed by atoms with Crippen molar-refractivity contribution in [3.05, 3.63) is 11.6 Å². The van der Waals surface area contributed by atoms with E-state index < -0.39 is 11.4 Å². The van der Waals surface area contributed by atoms with E-state index in [1.165, 1.54) is 0 Å². The fraction of sp³-hybridized carbons (Fsp3) is 0.786. The van der Waals surface area contributed by atoms with Gasteiger partial charge in [0, 0.05) is 7.05 Å². The zero-order valence-electron chi connectivity index (χ0n) is 12.6. The Labute approximate surface area is 119 Å². The number of hydrogen-bond acceptors (Lipinski definition) is 4. The van der Waals surface area contributed by atoms with Crippen molar-refractivity contribution in [2.45, 2.75) is 46.1 Å². The molecule has 1 aromatic heterocycles. The van der Waals surface area contributed by atoms with Gasteiger partial charge in [0.25, 0.3) is 0 Å². The number of carbonyl (C=O) groups is 1. The van der Waals surface area contributed by atoms with Crippen LogP contribution in [0.5, 0.6) is 0 Å². The fourth-order valence-corrected chi connectivity index (χ4v) is 2.98. The van der Waals surface area contributed by atoms with Gasteiger partial charge in [-0.2, -0.15) is 0 Å².